The highest BCUT2D eigenvalue weighted by Crippen LogP contribution is 2.39. The Hall–Kier alpha value is -3.91. The van der Waals surface area contributed by atoms with Crippen LogP contribution in [-0.2, 0) is 28.4 Å². The number of fused-ring (bicyclic) bond motifs is 1. The Balaban J connectivity index is 1.23. The van der Waals surface area contributed by atoms with Gasteiger partial charge in [-0.05, 0) is 31.2 Å². The summed E-state index contributed by atoms with van der Waals surface area (Å²) in [6.45, 7) is -1.04. The molecule has 3 aromatic rings. The lowest BCUT2D eigenvalue weighted by Gasteiger charge is -2.46. The van der Waals surface area contributed by atoms with Crippen molar-refractivity contribution in [3.05, 3.63) is 46.6 Å². The van der Waals surface area contributed by atoms with Gasteiger partial charge in [0.2, 0.25) is 23.8 Å². The molecule has 15 N–H and O–H groups in total. The largest absolute Gasteiger partial charge is 0.508 e. The topological polar surface area (TPSA) is 408 Å². The Bertz CT molecular complexity index is 2100. The summed E-state index contributed by atoms with van der Waals surface area (Å²) in [6, 6.07) is 6.97. The van der Waals surface area contributed by atoms with Crippen LogP contribution in [0.5, 0.6) is 23.0 Å². The first-order chi connectivity index (χ1) is 30.3. The smallest absolute Gasteiger partial charge is 0.239 e. The van der Waals surface area contributed by atoms with Crippen LogP contribution in [0.25, 0.3) is 22.3 Å². The molecule has 0 amide bonds. The van der Waals surface area contributed by atoms with E-state index in [4.69, 9.17) is 42.3 Å². The van der Waals surface area contributed by atoms with Crippen LogP contribution in [0.15, 0.2) is 45.6 Å². The van der Waals surface area contributed by atoms with Crippen LogP contribution in [-0.4, -0.2) is 219 Å². The van der Waals surface area contributed by atoms with Crippen molar-refractivity contribution in [2.45, 2.75) is 130 Å². The molecule has 356 valence electrons. The second-order valence-electron chi connectivity index (χ2n) is 15.7. The molecule has 4 aliphatic rings. The van der Waals surface area contributed by atoms with E-state index in [0.29, 0.717) is 0 Å². The molecule has 0 saturated carbocycles. The number of phenols is 2. The number of phenolic OH excluding ortho intramolecular Hbond substituents is 2. The third-order valence-electron chi connectivity index (χ3n) is 11.4. The maximum atomic E-state index is 14.4. The fourth-order valence-electron chi connectivity index (χ4n) is 7.63. The van der Waals surface area contributed by atoms with E-state index in [1.54, 1.807) is 0 Å². The molecule has 2 aromatic carbocycles. The number of aliphatic hydroxyl groups excluding tert-OH is 13. The summed E-state index contributed by atoms with van der Waals surface area (Å²) in [5, 5.41) is 156. The van der Waals surface area contributed by atoms with Crippen molar-refractivity contribution in [3.63, 3.8) is 0 Å². The summed E-state index contributed by atoms with van der Waals surface area (Å²) in [7, 11) is 0. The second-order valence-corrected chi connectivity index (χ2v) is 15.7. The predicted octanol–water partition coefficient (Wildman–Crippen LogP) is -6.10. The minimum Gasteiger partial charge on any atom is -0.508 e. The molecule has 4 fully saturated rings. The van der Waals surface area contributed by atoms with E-state index in [-0.39, 0.29) is 17.1 Å². The molecule has 25 nitrogen and oxygen atoms in total. The Morgan fingerprint density at radius 2 is 1.11 bits per heavy atom. The van der Waals surface area contributed by atoms with Crippen molar-refractivity contribution < 1.29 is 119 Å². The Kier molecular flexibility index (Phi) is 14.6. The van der Waals surface area contributed by atoms with Crippen LogP contribution in [0.4, 0.5) is 0 Å². The number of benzene rings is 2. The molecular formula is C39H50O25. The zero-order valence-corrected chi connectivity index (χ0v) is 33.4. The van der Waals surface area contributed by atoms with Crippen molar-refractivity contribution in [1.82, 2.24) is 0 Å². The highest BCUT2D eigenvalue weighted by atomic mass is 16.8. The van der Waals surface area contributed by atoms with E-state index >= 15 is 0 Å². The molecule has 0 spiro atoms. The summed E-state index contributed by atoms with van der Waals surface area (Å²) >= 11 is 0. The summed E-state index contributed by atoms with van der Waals surface area (Å²) in [5.74, 6) is -2.54. The van der Waals surface area contributed by atoms with E-state index in [1.165, 1.54) is 31.2 Å². The second kappa shape index (κ2) is 19.5. The number of rotatable bonds is 12. The van der Waals surface area contributed by atoms with Gasteiger partial charge in [-0.15, -0.1) is 0 Å². The fourth-order valence-corrected chi connectivity index (χ4v) is 7.63. The number of ether oxygens (including phenoxy) is 8. The van der Waals surface area contributed by atoms with Crippen LogP contribution in [0, 0.1) is 0 Å². The lowest BCUT2D eigenvalue weighted by atomic mass is 9.96. The van der Waals surface area contributed by atoms with E-state index < -0.39 is 176 Å². The van der Waals surface area contributed by atoms with Gasteiger partial charge in [0.1, 0.15) is 120 Å². The van der Waals surface area contributed by atoms with Crippen molar-refractivity contribution in [2.75, 3.05) is 19.8 Å². The first-order valence-electron chi connectivity index (χ1n) is 19.9. The molecule has 4 saturated heterocycles. The van der Waals surface area contributed by atoms with Gasteiger partial charge in [-0.2, -0.15) is 0 Å². The molecule has 1 aromatic heterocycles. The molecule has 0 unspecified atom stereocenters. The van der Waals surface area contributed by atoms with Gasteiger partial charge in [0, 0.05) is 17.7 Å². The highest BCUT2D eigenvalue weighted by molar-refractivity contribution is 5.88. The van der Waals surface area contributed by atoms with Gasteiger partial charge < -0.3 is 119 Å². The summed E-state index contributed by atoms with van der Waals surface area (Å²) in [4.78, 5) is 14.4. The van der Waals surface area contributed by atoms with Crippen LogP contribution < -0.4 is 14.9 Å². The molecule has 20 atom stereocenters. The van der Waals surface area contributed by atoms with Crippen LogP contribution >= 0.6 is 0 Å². The van der Waals surface area contributed by atoms with Crippen LogP contribution in [0.2, 0.25) is 0 Å². The summed E-state index contributed by atoms with van der Waals surface area (Å²) in [6.07, 6.45) is -35.4. The number of aliphatic hydroxyl groups is 13. The van der Waals surface area contributed by atoms with Crippen molar-refractivity contribution in [1.29, 1.82) is 0 Å². The maximum absolute atomic E-state index is 14.4. The van der Waals surface area contributed by atoms with E-state index in [0.717, 1.165) is 12.1 Å². The first-order valence-corrected chi connectivity index (χ1v) is 19.9. The van der Waals surface area contributed by atoms with Crippen molar-refractivity contribution >= 4 is 11.0 Å². The Morgan fingerprint density at radius 1 is 0.578 bits per heavy atom. The first kappa shape index (κ1) is 48.0. The minimum absolute atomic E-state index is 0.0411. The normalized spacial score (nSPS) is 40.6. The maximum Gasteiger partial charge on any atom is 0.239 e. The third kappa shape index (κ3) is 9.25. The fraction of sp³-hybridized carbons (Fsp3) is 0.615. The van der Waals surface area contributed by atoms with Gasteiger partial charge in [-0.3, -0.25) is 4.79 Å². The van der Waals surface area contributed by atoms with Crippen molar-refractivity contribution in [3.8, 4) is 34.3 Å². The molecule has 0 radical (unpaired) electrons. The monoisotopic (exact) mass is 918 g/mol. The molecule has 0 aliphatic carbocycles. The van der Waals surface area contributed by atoms with Crippen LogP contribution in [0.3, 0.4) is 0 Å². The van der Waals surface area contributed by atoms with E-state index in [1.807, 2.05) is 0 Å². The van der Waals surface area contributed by atoms with Gasteiger partial charge in [0.15, 0.2) is 18.3 Å². The van der Waals surface area contributed by atoms with E-state index in [2.05, 4.69) is 0 Å². The Morgan fingerprint density at radius 3 is 1.73 bits per heavy atom. The zero-order valence-electron chi connectivity index (χ0n) is 33.4. The molecule has 7 rings (SSSR count). The van der Waals surface area contributed by atoms with E-state index in [9.17, 15) is 81.4 Å². The van der Waals surface area contributed by atoms with Gasteiger partial charge in [0.25, 0.3) is 0 Å². The predicted molar refractivity (Wildman–Crippen MR) is 204 cm³/mol. The molecule has 5 heterocycles. The quantitative estimate of drug-likeness (QED) is 0.0804. The van der Waals surface area contributed by atoms with Gasteiger partial charge in [0.05, 0.1) is 25.9 Å². The molecule has 25 heteroatoms. The summed E-state index contributed by atoms with van der Waals surface area (Å²) < 4.78 is 51.4. The Labute approximate surface area is 360 Å². The number of hydrogen-bond donors (Lipinski definition) is 15. The lowest BCUT2D eigenvalue weighted by molar-refractivity contribution is -0.359. The number of hydrogen-bond acceptors (Lipinski definition) is 25. The summed E-state index contributed by atoms with van der Waals surface area (Å²) in [5.41, 5.74) is -1.48. The molecule has 0 bridgehead atoms. The van der Waals surface area contributed by atoms with Crippen molar-refractivity contribution in [2.24, 2.45) is 0 Å². The average Bonchev–Trinajstić information content (AvgIpc) is 3.27. The minimum atomic E-state index is -2.19. The lowest BCUT2D eigenvalue weighted by Crippen LogP contribution is -2.65. The molecule has 64 heavy (non-hydrogen) atoms. The standard InChI is InChI=1S/C39H50O25/c1-11-21(44)25(48)29(52)36(57-11)56-10-19-34(63-38-31(54)27(50)23(46)18(9-41)61-38)28(51)32(55)39(62-19)64-35-24(47)20-15(43)6-14(58-37-30(53)26(49)22(45)17(8-40)60-37)7-16(20)59-33(35)12-2-4-13(42)5-3-12/h2-7,11,17-19,21-23,25-32,34,36-46,48-55H,8-10H2,1H3/t11-,17+,18+,19+,21-,22+,23+,25+,26-,27-,28+,29+,30+,31+,32+,34+,36+,37+,38-,39-/m0/s1. The zero-order chi connectivity index (χ0) is 46.5. The van der Waals surface area contributed by atoms with Gasteiger partial charge in [-0.25, -0.2) is 0 Å². The molecule has 4 aliphatic heterocycles. The van der Waals surface area contributed by atoms with Gasteiger partial charge in [-0.1, -0.05) is 0 Å². The average molecular weight is 919 g/mol. The van der Waals surface area contributed by atoms with Gasteiger partial charge >= 0.3 is 0 Å². The van der Waals surface area contributed by atoms with Crippen LogP contribution in [0.1, 0.15) is 6.92 Å². The number of aromatic hydroxyl groups is 2. The third-order valence-corrected chi connectivity index (χ3v) is 11.4. The molecular weight excluding hydrogens is 868 g/mol. The highest BCUT2D eigenvalue weighted by Gasteiger charge is 2.53. The SMILES string of the molecule is C[C@@H]1O[C@@H](OC[C@H]2O[C@@H](Oc3c(-c4ccc(O)cc4)oc4cc(O[C@@H]5O[C@H](CO)[C@@H](O)[C@H](O)[C@H]5O)cc(O)c4c3=O)[C@H](O)[C@@H](O)[C@@H]2O[C@@H]2O[C@H](CO)[C@@H](O)[C@H](O)[C@H]2O)[C@H](O)[C@H](O)[C@H]1O.